The number of fused-ring (bicyclic) bond motifs is 2. The van der Waals surface area contributed by atoms with Crippen LogP contribution in [-0.4, -0.2) is 48.3 Å². The lowest BCUT2D eigenvalue weighted by atomic mass is 9.53. The van der Waals surface area contributed by atoms with Crippen molar-refractivity contribution >= 4 is 5.97 Å². The molecule has 23 heavy (non-hydrogen) atoms. The normalized spacial score (nSPS) is 55.0. The van der Waals surface area contributed by atoms with Gasteiger partial charge >= 0.3 is 5.97 Å². The first-order chi connectivity index (χ1) is 11.1. The summed E-state index contributed by atoms with van der Waals surface area (Å²) in [6.45, 7) is 7.93. The highest BCUT2D eigenvalue weighted by molar-refractivity contribution is 5.76. The second-order valence-corrected chi connectivity index (χ2v) is 9.06. The fraction of sp³-hybridized carbons (Fsp3) is 0.947. The molecule has 3 aliphatic heterocycles. The van der Waals surface area contributed by atoms with E-state index in [0.717, 1.165) is 26.1 Å². The van der Waals surface area contributed by atoms with E-state index in [2.05, 4.69) is 18.7 Å². The number of rotatable bonds is 2. The number of epoxide rings is 1. The zero-order valence-electron chi connectivity index (χ0n) is 14.4. The van der Waals surface area contributed by atoms with Crippen molar-refractivity contribution in [2.75, 3.05) is 19.6 Å². The second-order valence-electron chi connectivity index (χ2n) is 9.06. The van der Waals surface area contributed by atoms with Crippen LogP contribution in [0.1, 0.15) is 52.4 Å². The predicted octanol–water partition coefficient (Wildman–Crippen LogP) is 2.61. The Hall–Kier alpha value is -0.610. The van der Waals surface area contributed by atoms with Crippen molar-refractivity contribution < 1.29 is 14.3 Å². The second kappa shape index (κ2) is 4.72. The Morgan fingerprint density at radius 1 is 1.26 bits per heavy atom. The molecule has 5 aliphatic rings. The number of carbonyl (C=O) groups excluding carboxylic acids is 1. The largest absolute Gasteiger partial charge is 0.462 e. The van der Waals surface area contributed by atoms with Crippen LogP contribution in [0.25, 0.3) is 0 Å². The number of ether oxygens (including phenoxy) is 2. The van der Waals surface area contributed by atoms with Gasteiger partial charge in [0.1, 0.15) is 11.7 Å². The van der Waals surface area contributed by atoms with Crippen LogP contribution in [0.4, 0.5) is 0 Å². The van der Waals surface area contributed by atoms with Crippen molar-refractivity contribution in [1.29, 1.82) is 0 Å². The van der Waals surface area contributed by atoms with Crippen LogP contribution in [0.15, 0.2) is 0 Å². The van der Waals surface area contributed by atoms with E-state index in [1.54, 1.807) is 0 Å². The van der Waals surface area contributed by atoms with Gasteiger partial charge in [-0.05, 0) is 51.1 Å². The maximum atomic E-state index is 12.6. The minimum atomic E-state index is 0.0427. The summed E-state index contributed by atoms with van der Waals surface area (Å²) in [5.74, 6) is 1.01. The summed E-state index contributed by atoms with van der Waals surface area (Å²) in [5, 5.41) is 0. The molecule has 0 unspecified atom stereocenters. The van der Waals surface area contributed by atoms with Gasteiger partial charge in [0.25, 0.3) is 0 Å². The lowest BCUT2D eigenvalue weighted by Gasteiger charge is -2.49. The van der Waals surface area contributed by atoms with Crippen LogP contribution in [0.2, 0.25) is 0 Å². The molecule has 7 atom stereocenters. The number of likely N-dealkylation sites (tertiary alicyclic amines) is 1. The van der Waals surface area contributed by atoms with Crippen LogP contribution in [0, 0.1) is 23.2 Å². The van der Waals surface area contributed by atoms with Crippen molar-refractivity contribution in [2.24, 2.45) is 23.2 Å². The van der Waals surface area contributed by atoms with Crippen molar-refractivity contribution in [1.82, 2.24) is 4.90 Å². The van der Waals surface area contributed by atoms with Gasteiger partial charge in [0.05, 0.1) is 12.0 Å². The summed E-state index contributed by atoms with van der Waals surface area (Å²) < 4.78 is 12.4. The number of esters is 1. The van der Waals surface area contributed by atoms with Crippen molar-refractivity contribution in [3.8, 4) is 0 Å². The molecule has 128 valence electrons. The Kier molecular flexibility index (Phi) is 3.02. The van der Waals surface area contributed by atoms with Gasteiger partial charge in [-0.15, -0.1) is 0 Å². The van der Waals surface area contributed by atoms with E-state index < -0.39 is 0 Å². The zero-order chi connectivity index (χ0) is 15.8. The molecule has 0 amide bonds. The quantitative estimate of drug-likeness (QED) is 0.579. The van der Waals surface area contributed by atoms with Gasteiger partial charge in [0.15, 0.2) is 0 Å². The van der Waals surface area contributed by atoms with Crippen molar-refractivity contribution in [3.63, 3.8) is 0 Å². The molecule has 2 saturated carbocycles. The van der Waals surface area contributed by atoms with E-state index in [1.807, 2.05) is 0 Å². The SMILES string of the molecule is C[C@H]1CCC[C@]2(C)C[C@H]3OC(=O)[C@@H](CN4CCCC4)[C@H]3[C@@H]3O[C@@]132. The summed E-state index contributed by atoms with van der Waals surface area (Å²) in [6.07, 6.45) is 7.72. The first-order valence-electron chi connectivity index (χ1n) is 9.66. The molecule has 0 radical (unpaired) electrons. The van der Waals surface area contributed by atoms with E-state index in [4.69, 9.17) is 9.47 Å². The lowest BCUT2D eigenvalue weighted by molar-refractivity contribution is -0.146. The zero-order valence-corrected chi connectivity index (χ0v) is 14.4. The van der Waals surface area contributed by atoms with E-state index in [1.165, 1.54) is 32.1 Å². The summed E-state index contributed by atoms with van der Waals surface area (Å²) >= 11 is 0. The van der Waals surface area contributed by atoms with Crippen LogP contribution in [-0.2, 0) is 14.3 Å². The number of carbonyl (C=O) groups is 1. The molecular weight excluding hydrogens is 290 g/mol. The van der Waals surface area contributed by atoms with Gasteiger partial charge in [-0.25, -0.2) is 0 Å². The van der Waals surface area contributed by atoms with Crippen LogP contribution in [0.3, 0.4) is 0 Å². The minimum absolute atomic E-state index is 0.0427. The van der Waals surface area contributed by atoms with Gasteiger partial charge in [-0.1, -0.05) is 20.3 Å². The average Bonchev–Trinajstić information content (AvgIpc) is 2.91. The molecule has 0 aromatic heterocycles. The first-order valence-corrected chi connectivity index (χ1v) is 9.66. The standard InChI is InChI=1S/C19H29NO3/c1-12-6-5-7-18(2)10-14-15(16-19(12,18)23-16)13(17(21)22-14)11-20-8-3-4-9-20/h12-16H,3-11H2,1-2H3/t12-,13-,14+,15+,16-,18+,19-/m0/s1. The Bertz CT molecular complexity index is 531. The highest BCUT2D eigenvalue weighted by Gasteiger charge is 2.78. The van der Waals surface area contributed by atoms with Gasteiger partial charge in [-0.3, -0.25) is 4.79 Å². The fourth-order valence-corrected chi connectivity index (χ4v) is 6.69. The number of hydrogen-bond acceptors (Lipinski definition) is 4. The predicted molar refractivity (Wildman–Crippen MR) is 85.9 cm³/mol. The Balaban J connectivity index is 1.43. The molecule has 4 nitrogen and oxygen atoms in total. The van der Waals surface area contributed by atoms with Crippen LogP contribution in [0.5, 0.6) is 0 Å². The van der Waals surface area contributed by atoms with Gasteiger partial charge in [-0.2, -0.15) is 0 Å². The fourth-order valence-electron chi connectivity index (χ4n) is 6.69. The minimum Gasteiger partial charge on any atom is -0.462 e. The van der Waals surface area contributed by atoms with Crippen molar-refractivity contribution in [3.05, 3.63) is 0 Å². The summed E-state index contributed by atoms with van der Waals surface area (Å²) in [6, 6.07) is 0. The molecular formula is C19H29NO3. The van der Waals surface area contributed by atoms with Crippen LogP contribution < -0.4 is 0 Å². The molecule has 1 spiro atoms. The maximum Gasteiger partial charge on any atom is 0.311 e. The highest BCUT2D eigenvalue weighted by Crippen LogP contribution is 2.70. The molecule has 0 bridgehead atoms. The first kappa shape index (κ1) is 14.7. The lowest BCUT2D eigenvalue weighted by Crippen LogP contribution is -2.54. The molecule has 0 aromatic rings. The smallest absolute Gasteiger partial charge is 0.311 e. The Labute approximate surface area is 138 Å². The Morgan fingerprint density at radius 2 is 2.04 bits per heavy atom. The topological polar surface area (TPSA) is 42.1 Å². The molecule has 3 saturated heterocycles. The molecule has 2 aliphatic carbocycles. The third-order valence-corrected chi connectivity index (χ3v) is 7.85. The monoisotopic (exact) mass is 319 g/mol. The van der Waals surface area contributed by atoms with Crippen LogP contribution >= 0.6 is 0 Å². The maximum absolute atomic E-state index is 12.6. The van der Waals surface area contributed by atoms with E-state index in [9.17, 15) is 4.79 Å². The molecule has 4 heteroatoms. The Morgan fingerprint density at radius 3 is 2.83 bits per heavy atom. The van der Waals surface area contributed by atoms with E-state index in [-0.39, 0.29) is 35.1 Å². The number of nitrogens with zero attached hydrogens (tertiary/aromatic N) is 1. The van der Waals surface area contributed by atoms with Gasteiger partial charge < -0.3 is 14.4 Å². The summed E-state index contributed by atoms with van der Waals surface area (Å²) in [7, 11) is 0. The van der Waals surface area contributed by atoms with Gasteiger partial charge in [0, 0.05) is 17.9 Å². The average molecular weight is 319 g/mol. The molecule has 5 rings (SSSR count). The third-order valence-electron chi connectivity index (χ3n) is 7.85. The molecule has 0 N–H and O–H groups in total. The van der Waals surface area contributed by atoms with Crippen molar-refractivity contribution in [2.45, 2.75) is 70.2 Å². The van der Waals surface area contributed by atoms with E-state index in [0.29, 0.717) is 11.8 Å². The van der Waals surface area contributed by atoms with E-state index >= 15 is 0 Å². The summed E-state index contributed by atoms with van der Waals surface area (Å²) in [5.41, 5.74) is 0.253. The molecule has 0 aromatic carbocycles. The number of hydrogen-bond donors (Lipinski definition) is 0. The summed E-state index contributed by atoms with van der Waals surface area (Å²) in [4.78, 5) is 15.0. The molecule has 3 heterocycles. The van der Waals surface area contributed by atoms with Gasteiger partial charge in [0.2, 0.25) is 0 Å². The third kappa shape index (κ3) is 1.82. The highest BCUT2D eigenvalue weighted by atomic mass is 16.6. The molecule has 5 fully saturated rings.